The average Bonchev–Trinajstić information content (AvgIpc) is 2.93. The lowest BCUT2D eigenvalue weighted by molar-refractivity contribution is -0.219. The van der Waals surface area contributed by atoms with Crippen LogP contribution in [0, 0.1) is 0 Å². The van der Waals surface area contributed by atoms with Gasteiger partial charge >= 0.3 is 0 Å². The first-order valence-corrected chi connectivity index (χ1v) is 12.5. The maximum Gasteiger partial charge on any atom is 0.142 e. The SMILES string of the molecule is O=C/C=C/C[C@@H]1C[C@@H](OCc2ccccc2)[C@@H](OCc2ccccc2)[C@@H](COCc2ccccc2)O1. The van der Waals surface area contributed by atoms with Gasteiger partial charge in [0.25, 0.3) is 0 Å². The lowest BCUT2D eigenvalue weighted by atomic mass is 9.95. The third-order valence-electron chi connectivity index (χ3n) is 6.19. The Kier molecular flexibility index (Phi) is 10.4. The minimum absolute atomic E-state index is 0.0936. The summed E-state index contributed by atoms with van der Waals surface area (Å²) < 4.78 is 25.5. The Balaban J connectivity index is 1.48. The summed E-state index contributed by atoms with van der Waals surface area (Å²) in [5.41, 5.74) is 3.32. The quantitative estimate of drug-likeness (QED) is 0.230. The van der Waals surface area contributed by atoms with Gasteiger partial charge in [0.1, 0.15) is 18.5 Å². The first kappa shape index (κ1) is 26.0. The van der Waals surface area contributed by atoms with Crippen molar-refractivity contribution in [2.24, 2.45) is 0 Å². The number of carbonyl (C=O) groups excluding carboxylic acids is 1. The van der Waals surface area contributed by atoms with Crippen molar-refractivity contribution in [3.8, 4) is 0 Å². The molecule has 4 atom stereocenters. The van der Waals surface area contributed by atoms with Crippen molar-refractivity contribution in [1.29, 1.82) is 0 Å². The Hall–Kier alpha value is -3.09. The molecule has 5 heteroatoms. The molecular formula is C31H34O5. The summed E-state index contributed by atoms with van der Waals surface area (Å²) in [4.78, 5) is 10.8. The minimum Gasteiger partial charge on any atom is -0.374 e. The Labute approximate surface area is 213 Å². The van der Waals surface area contributed by atoms with E-state index in [-0.39, 0.29) is 24.4 Å². The van der Waals surface area contributed by atoms with Crippen LogP contribution in [0.3, 0.4) is 0 Å². The van der Waals surface area contributed by atoms with Gasteiger partial charge < -0.3 is 18.9 Å². The molecule has 0 N–H and O–H groups in total. The molecule has 0 aromatic heterocycles. The highest BCUT2D eigenvalue weighted by Gasteiger charge is 2.40. The normalized spacial score (nSPS) is 22.0. The standard InChI is InChI=1S/C31H34O5/c32-19-11-10-18-28-20-29(34-22-26-14-6-2-7-15-26)31(35-23-27-16-8-3-9-17-27)30(36-28)24-33-21-25-12-4-1-5-13-25/h1-17,19,28-31H,18,20-24H2/b11-10+/t28-,29-,30-,31-/m1/s1. The molecule has 0 bridgehead atoms. The van der Waals surface area contributed by atoms with Crippen LogP contribution in [0.25, 0.3) is 0 Å². The van der Waals surface area contributed by atoms with Gasteiger partial charge in [0, 0.05) is 6.42 Å². The fourth-order valence-electron chi connectivity index (χ4n) is 4.37. The van der Waals surface area contributed by atoms with Crippen LogP contribution in [0.1, 0.15) is 29.5 Å². The van der Waals surface area contributed by atoms with E-state index in [0.29, 0.717) is 39.3 Å². The molecule has 1 saturated heterocycles. The molecule has 1 aliphatic rings. The van der Waals surface area contributed by atoms with Crippen LogP contribution in [0.15, 0.2) is 103 Å². The van der Waals surface area contributed by atoms with Crippen molar-refractivity contribution < 1.29 is 23.7 Å². The molecule has 36 heavy (non-hydrogen) atoms. The van der Waals surface area contributed by atoms with E-state index in [0.717, 1.165) is 23.0 Å². The average molecular weight is 487 g/mol. The molecule has 188 valence electrons. The van der Waals surface area contributed by atoms with Gasteiger partial charge in [-0.05, 0) is 29.2 Å². The van der Waals surface area contributed by atoms with Crippen LogP contribution in [0.4, 0.5) is 0 Å². The molecule has 1 fully saturated rings. The number of aldehydes is 1. The summed E-state index contributed by atoms with van der Waals surface area (Å²) in [7, 11) is 0. The number of rotatable bonds is 13. The summed E-state index contributed by atoms with van der Waals surface area (Å²) in [5.74, 6) is 0. The number of ether oxygens (including phenoxy) is 4. The van der Waals surface area contributed by atoms with Crippen LogP contribution < -0.4 is 0 Å². The van der Waals surface area contributed by atoms with Gasteiger partial charge in [0.2, 0.25) is 0 Å². The smallest absolute Gasteiger partial charge is 0.142 e. The van der Waals surface area contributed by atoms with E-state index in [4.69, 9.17) is 18.9 Å². The van der Waals surface area contributed by atoms with Crippen molar-refractivity contribution in [3.63, 3.8) is 0 Å². The summed E-state index contributed by atoms with van der Waals surface area (Å²) in [5, 5.41) is 0. The first-order valence-electron chi connectivity index (χ1n) is 12.5. The number of carbonyl (C=O) groups is 1. The van der Waals surface area contributed by atoms with E-state index < -0.39 is 0 Å². The number of hydrogen-bond donors (Lipinski definition) is 0. The Bertz CT molecular complexity index is 1040. The zero-order chi connectivity index (χ0) is 24.8. The van der Waals surface area contributed by atoms with Crippen molar-refractivity contribution in [3.05, 3.63) is 120 Å². The van der Waals surface area contributed by atoms with E-state index in [1.165, 1.54) is 6.08 Å². The molecule has 5 nitrogen and oxygen atoms in total. The third kappa shape index (κ3) is 8.25. The maximum atomic E-state index is 10.8. The van der Waals surface area contributed by atoms with E-state index in [1.807, 2.05) is 72.8 Å². The molecule has 1 heterocycles. The highest BCUT2D eigenvalue weighted by molar-refractivity contribution is 5.64. The van der Waals surface area contributed by atoms with Crippen LogP contribution in [-0.4, -0.2) is 37.3 Å². The van der Waals surface area contributed by atoms with Crippen LogP contribution >= 0.6 is 0 Å². The van der Waals surface area contributed by atoms with Crippen molar-refractivity contribution >= 4 is 6.29 Å². The van der Waals surface area contributed by atoms with Gasteiger partial charge in [-0.25, -0.2) is 0 Å². The third-order valence-corrected chi connectivity index (χ3v) is 6.19. The minimum atomic E-state index is -0.304. The predicted octanol–water partition coefficient (Wildman–Crippen LogP) is 5.68. The second-order valence-electron chi connectivity index (χ2n) is 8.93. The van der Waals surface area contributed by atoms with E-state index in [1.54, 1.807) is 0 Å². The summed E-state index contributed by atoms with van der Waals surface area (Å²) >= 11 is 0. The Morgan fingerprint density at radius 2 is 1.31 bits per heavy atom. The number of hydrogen-bond acceptors (Lipinski definition) is 5. The number of benzene rings is 3. The van der Waals surface area contributed by atoms with Gasteiger partial charge in [-0.1, -0.05) is 97.1 Å². The maximum absolute atomic E-state index is 10.8. The highest BCUT2D eigenvalue weighted by atomic mass is 16.6. The lowest BCUT2D eigenvalue weighted by Crippen LogP contribution is -2.52. The molecule has 0 saturated carbocycles. The van der Waals surface area contributed by atoms with Crippen molar-refractivity contribution in [1.82, 2.24) is 0 Å². The van der Waals surface area contributed by atoms with Crippen molar-refractivity contribution in [2.75, 3.05) is 6.61 Å². The molecule has 3 aromatic rings. The highest BCUT2D eigenvalue weighted by Crippen LogP contribution is 2.29. The van der Waals surface area contributed by atoms with Gasteiger partial charge in [0.15, 0.2) is 0 Å². The molecule has 3 aromatic carbocycles. The largest absolute Gasteiger partial charge is 0.374 e. The summed E-state index contributed by atoms with van der Waals surface area (Å²) in [6, 6.07) is 30.4. The van der Waals surface area contributed by atoms with Crippen LogP contribution in [0.2, 0.25) is 0 Å². The first-order chi connectivity index (χ1) is 17.8. The van der Waals surface area contributed by atoms with Crippen molar-refractivity contribution in [2.45, 2.75) is 57.1 Å². The Morgan fingerprint density at radius 1 is 0.750 bits per heavy atom. The lowest BCUT2D eigenvalue weighted by Gasteiger charge is -2.41. The molecular weight excluding hydrogens is 452 g/mol. The van der Waals surface area contributed by atoms with Crippen LogP contribution in [0.5, 0.6) is 0 Å². The van der Waals surface area contributed by atoms with E-state index in [9.17, 15) is 4.79 Å². The van der Waals surface area contributed by atoms with Gasteiger partial charge in [0.05, 0.1) is 38.6 Å². The predicted molar refractivity (Wildman–Crippen MR) is 139 cm³/mol. The Morgan fingerprint density at radius 3 is 1.89 bits per heavy atom. The summed E-state index contributed by atoms with van der Waals surface area (Å²) in [6.07, 6.45) is 4.58. The molecule has 0 spiro atoms. The molecule has 0 radical (unpaired) electrons. The fraction of sp³-hybridized carbons (Fsp3) is 0.323. The zero-order valence-corrected chi connectivity index (χ0v) is 20.5. The topological polar surface area (TPSA) is 54.0 Å². The summed E-state index contributed by atoms with van der Waals surface area (Å²) in [6.45, 7) is 1.83. The molecule has 1 aliphatic heterocycles. The zero-order valence-electron chi connectivity index (χ0n) is 20.5. The molecule has 4 rings (SSSR count). The van der Waals surface area contributed by atoms with Gasteiger partial charge in [-0.2, -0.15) is 0 Å². The number of allylic oxidation sites excluding steroid dienone is 1. The van der Waals surface area contributed by atoms with Crippen LogP contribution in [-0.2, 0) is 43.6 Å². The fourth-order valence-corrected chi connectivity index (χ4v) is 4.37. The second-order valence-corrected chi connectivity index (χ2v) is 8.93. The van der Waals surface area contributed by atoms with Gasteiger partial charge in [-0.3, -0.25) is 4.79 Å². The second kappa shape index (κ2) is 14.5. The van der Waals surface area contributed by atoms with E-state index in [2.05, 4.69) is 24.3 Å². The van der Waals surface area contributed by atoms with Gasteiger partial charge in [-0.15, -0.1) is 0 Å². The van der Waals surface area contributed by atoms with E-state index >= 15 is 0 Å². The monoisotopic (exact) mass is 486 g/mol. The molecule has 0 amide bonds. The molecule has 0 aliphatic carbocycles. The molecule has 0 unspecified atom stereocenters.